The van der Waals surface area contributed by atoms with E-state index in [2.05, 4.69) is 69.3 Å². The zero-order valence-electron chi connectivity index (χ0n) is 18.3. The molecule has 1 aliphatic rings. The van der Waals surface area contributed by atoms with Crippen molar-refractivity contribution in [3.05, 3.63) is 72.3 Å². The van der Waals surface area contributed by atoms with Gasteiger partial charge in [-0.1, -0.05) is 69.3 Å². The van der Waals surface area contributed by atoms with Crippen LogP contribution in [0.5, 0.6) is 17.2 Å². The summed E-state index contributed by atoms with van der Waals surface area (Å²) in [5, 5.41) is 1.40. The Kier molecular flexibility index (Phi) is 5.75. The number of hydrogen-bond donors (Lipinski definition) is 0. The van der Waals surface area contributed by atoms with Crippen LogP contribution >= 0.6 is 7.92 Å². The molecule has 0 N–H and O–H groups in total. The maximum Gasteiger partial charge on any atom is 0.130 e. The topological polar surface area (TPSA) is 27.7 Å². The first-order chi connectivity index (χ1) is 14.4. The summed E-state index contributed by atoms with van der Waals surface area (Å²) in [4.78, 5) is 0. The minimum absolute atomic E-state index is 0.0887. The quantitative estimate of drug-likeness (QED) is 0.458. The first-order valence-corrected chi connectivity index (χ1v) is 11.7. The third kappa shape index (κ3) is 3.79. The van der Waals surface area contributed by atoms with E-state index < -0.39 is 7.92 Å². The Morgan fingerprint density at radius 2 is 1.47 bits per heavy atom. The van der Waals surface area contributed by atoms with Crippen molar-refractivity contribution in [2.24, 2.45) is 0 Å². The standard InChI is InChI=1S/C26H29O3P/c1-26(2,3)30-23(17-18-11-7-6-8-12-18)29-22-16-9-13-19(25(22)30)24-20(27-4)14-10-15-21(24)28-5/h6-16,23H,17H2,1-5H3/t23?,30-/m0/s1. The van der Waals surface area contributed by atoms with E-state index in [1.807, 2.05) is 18.2 Å². The molecule has 0 saturated heterocycles. The Morgan fingerprint density at radius 3 is 2.07 bits per heavy atom. The third-order valence-corrected chi connectivity index (χ3v) is 8.72. The number of ether oxygens (including phenoxy) is 3. The minimum atomic E-state index is -0.602. The first-order valence-electron chi connectivity index (χ1n) is 10.3. The average molecular weight is 420 g/mol. The molecule has 30 heavy (non-hydrogen) atoms. The van der Waals surface area contributed by atoms with Gasteiger partial charge in [-0.2, -0.15) is 0 Å². The summed E-state index contributed by atoms with van der Waals surface area (Å²) < 4.78 is 18.1. The summed E-state index contributed by atoms with van der Waals surface area (Å²) in [5.41, 5.74) is 3.46. The molecule has 0 bridgehead atoms. The van der Waals surface area contributed by atoms with Crippen LogP contribution in [-0.4, -0.2) is 25.2 Å². The molecule has 0 amide bonds. The molecule has 2 atom stereocenters. The molecule has 4 heteroatoms. The van der Waals surface area contributed by atoms with Crippen molar-refractivity contribution in [2.75, 3.05) is 14.2 Å². The molecule has 0 aromatic heterocycles. The number of benzene rings is 3. The second-order valence-corrected chi connectivity index (χ2v) is 11.6. The molecule has 1 unspecified atom stereocenters. The monoisotopic (exact) mass is 420 g/mol. The van der Waals surface area contributed by atoms with Crippen LogP contribution in [0.15, 0.2) is 66.7 Å². The fourth-order valence-electron chi connectivity index (χ4n) is 4.24. The van der Waals surface area contributed by atoms with Gasteiger partial charge in [-0.05, 0) is 36.8 Å². The Labute approximate surface area is 180 Å². The summed E-state index contributed by atoms with van der Waals surface area (Å²) in [6.45, 7) is 6.97. The van der Waals surface area contributed by atoms with Gasteiger partial charge in [-0.25, -0.2) is 0 Å². The highest BCUT2D eigenvalue weighted by molar-refractivity contribution is 7.68. The van der Waals surface area contributed by atoms with E-state index in [1.165, 1.54) is 10.9 Å². The van der Waals surface area contributed by atoms with Crippen molar-refractivity contribution in [3.63, 3.8) is 0 Å². The molecule has 0 fully saturated rings. The van der Waals surface area contributed by atoms with E-state index in [9.17, 15) is 0 Å². The first kappa shape index (κ1) is 20.8. The molecule has 3 aromatic rings. The van der Waals surface area contributed by atoms with Crippen LogP contribution in [0.4, 0.5) is 0 Å². The zero-order chi connectivity index (χ0) is 21.3. The summed E-state index contributed by atoms with van der Waals surface area (Å²) >= 11 is 0. The van der Waals surface area contributed by atoms with Crippen LogP contribution < -0.4 is 19.5 Å². The van der Waals surface area contributed by atoms with Gasteiger partial charge in [0.15, 0.2) is 0 Å². The number of rotatable bonds is 5. The molecule has 0 aliphatic carbocycles. The Hall–Kier alpha value is -2.51. The Bertz CT molecular complexity index is 1000. The lowest BCUT2D eigenvalue weighted by molar-refractivity contribution is 0.293. The Balaban J connectivity index is 1.87. The minimum Gasteiger partial charge on any atom is -0.496 e. The van der Waals surface area contributed by atoms with Crippen molar-refractivity contribution in [3.8, 4) is 28.4 Å². The number of hydrogen-bond acceptors (Lipinski definition) is 3. The van der Waals surface area contributed by atoms with Crippen molar-refractivity contribution in [1.82, 2.24) is 0 Å². The van der Waals surface area contributed by atoms with Gasteiger partial charge in [0.1, 0.15) is 23.1 Å². The lowest BCUT2D eigenvalue weighted by atomic mass is 10.0. The van der Waals surface area contributed by atoms with Crippen LogP contribution in [0.1, 0.15) is 26.3 Å². The molecule has 1 aliphatic heterocycles. The predicted molar refractivity (Wildman–Crippen MR) is 126 cm³/mol. The smallest absolute Gasteiger partial charge is 0.130 e. The second kappa shape index (κ2) is 8.32. The van der Waals surface area contributed by atoms with Crippen molar-refractivity contribution >= 4 is 13.2 Å². The highest BCUT2D eigenvalue weighted by Crippen LogP contribution is 2.61. The fourth-order valence-corrected chi connectivity index (χ4v) is 7.49. The molecular weight excluding hydrogens is 391 g/mol. The largest absolute Gasteiger partial charge is 0.496 e. The van der Waals surface area contributed by atoms with Crippen LogP contribution in [0, 0.1) is 0 Å². The van der Waals surface area contributed by atoms with E-state index in [4.69, 9.17) is 14.2 Å². The lowest BCUT2D eigenvalue weighted by Gasteiger charge is -2.33. The molecule has 1 heterocycles. The van der Waals surface area contributed by atoms with Gasteiger partial charge >= 0.3 is 0 Å². The number of methoxy groups -OCH3 is 2. The van der Waals surface area contributed by atoms with Crippen molar-refractivity contribution < 1.29 is 14.2 Å². The maximum absolute atomic E-state index is 6.61. The van der Waals surface area contributed by atoms with E-state index in [1.54, 1.807) is 14.2 Å². The molecule has 0 radical (unpaired) electrons. The van der Waals surface area contributed by atoms with Gasteiger partial charge in [0.2, 0.25) is 0 Å². The molecule has 0 saturated carbocycles. The van der Waals surface area contributed by atoms with E-state index in [-0.39, 0.29) is 11.0 Å². The fraction of sp³-hybridized carbons (Fsp3) is 0.308. The number of fused-ring (bicyclic) bond motifs is 1. The molecular formula is C26H29O3P. The zero-order valence-corrected chi connectivity index (χ0v) is 19.2. The predicted octanol–water partition coefficient (Wildman–Crippen LogP) is 6.24. The van der Waals surface area contributed by atoms with Crippen molar-refractivity contribution in [1.29, 1.82) is 0 Å². The van der Waals surface area contributed by atoms with Crippen molar-refractivity contribution in [2.45, 2.75) is 38.2 Å². The highest BCUT2D eigenvalue weighted by atomic mass is 31.1. The van der Waals surface area contributed by atoms with E-state index in [0.29, 0.717) is 0 Å². The van der Waals surface area contributed by atoms with Gasteiger partial charge in [0.25, 0.3) is 0 Å². The van der Waals surface area contributed by atoms with Gasteiger partial charge in [0.05, 0.1) is 19.8 Å². The summed E-state index contributed by atoms with van der Waals surface area (Å²) in [5.74, 6) is 2.76. The maximum atomic E-state index is 6.61. The van der Waals surface area contributed by atoms with Gasteiger partial charge < -0.3 is 14.2 Å². The van der Waals surface area contributed by atoms with Crippen LogP contribution in [0.3, 0.4) is 0 Å². The molecule has 3 aromatic carbocycles. The van der Waals surface area contributed by atoms with Crippen LogP contribution in [0.25, 0.3) is 11.1 Å². The van der Waals surface area contributed by atoms with Crippen LogP contribution in [0.2, 0.25) is 0 Å². The summed E-state index contributed by atoms with van der Waals surface area (Å²) in [6, 6.07) is 22.9. The summed E-state index contributed by atoms with van der Waals surface area (Å²) in [7, 11) is 2.82. The third-order valence-electron chi connectivity index (χ3n) is 5.46. The summed E-state index contributed by atoms with van der Waals surface area (Å²) in [6.07, 6.45) is 0.904. The SMILES string of the molecule is COc1cccc(OC)c1-c1cccc2c1[P@@](C(C)(C)C)C(Cc1ccccc1)O2. The van der Waals surface area contributed by atoms with E-state index in [0.717, 1.165) is 34.8 Å². The van der Waals surface area contributed by atoms with Gasteiger partial charge in [0, 0.05) is 17.3 Å². The lowest BCUT2D eigenvalue weighted by Crippen LogP contribution is -2.26. The van der Waals surface area contributed by atoms with Gasteiger partial charge in [-0.3, -0.25) is 0 Å². The van der Waals surface area contributed by atoms with Crippen LogP contribution in [-0.2, 0) is 6.42 Å². The Morgan fingerprint density at radius 1 is 0.833 bits per heavy atom. The van der Waals surface area contributed by atoms with Gasteiger partial charge in [-0.15, -0.1) is 0 Å². The molecule has 3 nitrogen and oxygen atoms in total. The molecule has 0 spiro atoms. The highest BCUT2D eigenvalue weighted by Gasteiger charge is 2.43. The van der Waals surface area contributed by atoms with E-state index >= 15 is 0 Å². The molecule has 156 valence electrons. The average Bonchev–Trinajstić information content (AvgIpc) is 3.12. The molecule has 4 rings (SSSR count). The second-order valence-electron chi connectivity index (χ2n) is 8.49. The normalized spacial score (nSPS) is 17.9.